The number of rotatable bonds is 10. The monoisotopic (exact) mass is 1810 g/mol. The van der Waals surface area contributed by atoms with Crippen molar-refractivity contribution in [2.45, 2.75) is 255 Å². The zero-order chi connectivity index (χ0) is 58.4. The normalized spacial score (nSPS) is 16.2. The molecule has 0 spiro atoms. The second kappa shape index (κ2) is 60.6. The van der Waals surface area contributed by atoms with Gasteiger partial charge in [0.1, 0.15) is 0 Å². The molecule has 540 valence electrons. The summed E-state index contributed by atoms with van der Waals surface area (Å²) in [6.07, 6.45) is 50.8. The fourth-order valence-electron chi connectivity index (χ4n) is 13.9. The fourth-order valence-corrected chi connectivity index (χ4v) is 15.0. The van der Waals surface area contributed by atoms with Crippen molar-refractivity contribution in [2.24, 2.45) is 0 Å². The van der Waals surface area contributed by atoms with Gasteiger partial charge < -0.3 is 79.3 Å². The zero-order valence-electron chi connectivity index (χ0n) is 60.5. The van der Waals surface area contributed by atoms with Crippen LogP contribution in [0.5, 0.6) is 0 Å². The van der Waals surface area contributed by atoms with E-state index in [-0.39, 0.29) is 134 Å². The van der Waals surface area contributed by atoms with Gasteiger partial charge in [0, 0.05) is 44.8 Å². The largest absolute Gasteiger partial charge is 2.00 e. The van der Waals surface area contributed by atoms with Crippen molar-refractivity contribution >= 4 is 109 Å². The first kappa shape index (κ1) is 104. The Morgan fingerprint density at radius 2 is 0.375 bits per heavy atom. The summed E-state index contributed by atoms with van der Waals surface area (Å²) in [6, 6.07) is 54.3. The van der Waals surface area contributed by atoms with E-state index in [1.807, 2.05) is 0 Å². The third-order valence-electron chi connectivity index (χ3n) is 19.0. The first-order valence-electron chi connectivity index (χ1n) is 33.8. The van der Waals surface area contributed by atoms with E-state index in [1.165, 1.54) is 280 Å². The van der Waals surface area contributed by atoms with Gasteiger partial charge in [-0.1, -0.05) is 229 Å². The quantitative estimate of drug-likeness (QED) is 0.0815. The summed E-state index contributed by atoms with van der Waals surface area (Å²) in [5.41, 5.74) is 11.9. The van der Waals surface area contributed by atoms with Crippen molar-refractivity contribution < 1.29 is 78.3 Å². The van der Waals surface area contributed by atoms with E-state index >= 15 is 0 Å². The first-order valence-corrected chi connectivity index (χ1v) is 37.1. The van der Waals surface area contributed by atoms with E-state index in [0.717, 1.165) is 30.6 Å². The summed E-state index contributed by atoms with van der Waals surface area (Å²) >= 11 is 7.01. The second-order valence-electron chi connectivity index (χ2n) is 25.3. The molecule has 0 radical (unpaired) electrons. The molecule has 0 saturated heterocycles. The van der Waals surface area contributed by atoms with Crippen molar-refractivity contribution in [3.05, 3.63) is 232 Å². The van der Waals surface area contributed by atoms with Gasteiger partial charge in [-0.3, -0.25) is 0 Å². The van der Waals surface area contributed by atoms with Gasteiger partial charge in [0.2, 0.25) is 0 Å². The van der Waals surface area contributed by atoms with Crippen molar-refractivity contribution in [3.8, 4) is 0 Å². The molecule has 12 heteroatoms. The molecule has 96 heavy (non-hydrogen) atoms. The van der Waals surface area contributed by atoms with E-state index in [2.05, 4.69) is 223 Å². The molecule has 6 aromatic carbocycles. The standard InChI is InChI=1S/C33H39N.C18H12I3N.C5H11BO2.4C5H10.8CH3.4Fe/c1-2-8-25(7-1)28-13-19-31(20-14-28)34(32-21-15-29(16-22-32)26-9-3-4-10-26)33-23-17-30(18-24-33)27-11-5-6-12-27;19-13-1-7-16(8-2-13)22(17-9-3-14(20)4-10-17)18-11-5-15(21)6-12-18;7-6(8)5-3-1-2-4-5;4*1-2-4-5-3-1;;;;;;;;;;;;/h13-27H,1-12H2;1-12H;5,7-8H,1-4H2;4*1-5H2;8*1H3;;;;/q;;;;;;;8*-1;4*+2. The Morgan fingerprint density at radius 1 is 0.229 bits per heavy atom. The predicted molar refractivity (Wildman–Crippen MR) is 440 cm³/mol. The van der Waals surface area contributed by atoms with Crippen molar-refractivity contribution in [2.75, 3.05) is 9.80 Å². The maximum absolute atomic E-state index is 8.61. The minimum atomic E-state index is -1.06. The SMILES string of the molecule is C1CCCC1.C1CCCC1.C1CCCC1.C1CCCC1.Ic1ccc(N(c2ccc(I)cc2)c2ccc(I)cc2)cc1.OB(O)C1CCCC1.[CH3-].[CH3-].[CH3-].[CH3-].[CH3-].[CH3-].[CH3-].[CH3-].[Fe+2].[Fe+2].[Fe+2].[Fe+2].c1cc(N(c2ccc(C3CCCC3)cc2)c2ccc(C3CCCC3)cc2)ccc1C1CCCC1. The van der Waals surface area contributed by atoms with Crippen LogP contribution in [-0.4, -0.2) is 17.2 Å². The molecule has 4 nitrogen and oxygen atoms in total. The molecule has 0 amide bonds. The van der Waals surface area contributed by atoms with Crippen LogP contribution >= 0.6 is 67.8 Å². The van der Waals surface area contributed by atoms with Crippen LogP contribution in [0.1, 0.15) is 266 Å². The summed E-state index contributed by atoms with van der Waals surface area (Å²) in [6.45, 7) is 0. The molecule has 2 N–H and O–H groups in total. The molecule has 8 aliphatic carbocycles. The van der Waals surface area contributed by atoms with Crippen LogP contribution in [0.25, 0.3) is 0 Å². The molecule has 8 saturated carbocycles. The Hall–Kier alpha value is -0.827. The summed E-state index contributed by atoms with van der Waals surface area (Å²) in [4.78, 5) is 4.73. The molecule has 14 rings (SSSR count). The van der Waals surface area contributed by atoms with Crippen LogP contribution in [-0.2, 0) is 68.3 Å². The van der Waals surface area contributed by atoms with E-state index < -0.39 is 7.12 Å². The van der Waals surface area contributed by atoms with Gasteiger partial charge in [-0.05, 0) is 256 Å². The second-order valence-corrected chi connectivity index (χ2v) is 29.1. The van der Waals surface area contributed by atoms with E-state index in [1.54, 1.807) is 0 Å². The third kappa shape index (κ3) is 36.5. The summed E-state index contributed by atoms with van der Waals surface area (Å²) in [5.74, 6) is 2.46. The number of hydrogen-bond acceptors (Lipinski definition) is 4. The Kier molecular flexibility index (Phi) is 65.5. The van der Waals surface area contributed by atoms with E-state index in [4.69, 9.17) is 10.0 Å². The van der Waals surface area contributed by atoms with Crippen LogP contribution < -0.4 is 9.80 Å². The Labute approximate surface area is 676 Å². The van der Waals surface area contributed by atoms with Gasteiger partial charge in [0.25, 0.3) is 0 Å². The van der Waals surface area contributed by atoms with E-state index in [9.17, 15) is 0 Å². The summed E-state index contributed by atoms with van der Waals surface area (Å²) in [5, 5.41) is 17.2. The molecule has 0 aliphatic heterocycles. The number of hydrogen-bond donors (Lipinski definition) is 2. The van der Waals surface area contributed by atoms with E-state index in [0.29, 0.717) is 0 Å². The Balaban J connectivity index is -0.000000383. The minimum absolute atomic E-state index is 0. The Morgan fingerprint density at radius 3 is 0.521 bits per heavy atom. The molecule has 0 unspecified atom stereocenters. The number of benzene rings is 6. The van der Waals surface area contributed by atoms with Crippen LogP contribution in [0.3, 0.4) is 0 Å². The van der Waals surface area contributed by atoms with Crippen LogP contribution in [0.15, 0.2) is 146 Å². The number of halogens is 3. The smallest absolute Gasteiger partial charge is 0.427 e. The Bertz CT molecular complexity index is 2350. The summed E-state index contributed by atoms with van der Waals surface area (Å²) < 4.78 is 3.73. The van der Waals surface area contributed by atoms with Crippen LogP contribution in [0.4, 0.5) is 34.1 Å². The fraction of sp³-hybridized carbons (Fsp3) is 0.476. The van der Waals surface area contributed by atoms with Gasteiger partial charge in [0.05, 0.1) is 0 Å². The molecule has 0 bridgehead atoms. The molecule has 0 heterocycles. The molecular weight excluding hydrogens is 1680 g/mol. The molecule has 0 atom stereocenters. The molecule has 8 fully saturated rings. The van der Waals surface area contributed by atoms with Crippen molar-refractivity contribution in [3.63, 3.8) is 0 Å². The van der Waals surface area contributed by atoms with Gasteiger partial charge >= 0.3 is 75.4 Å². The van der Waals surface area contributed by atoms with Gasteiger partial charge in [0.15, 0.2) is 0 Å². The average molecular weight is 1810 g/mol. The van der Waals surface area contributed by atoms with Crippen LogP contribution in [0, 0.1) is 70.1 Å². The number of nitrogens with zero attached hydrogens (tertiary/aromatic N) is 2. The van der Waals surface area contributed by atoms with Crippen molar-refractivity contribution in [1.82, 2.24) is 0 Å². The van der Waals surface area contributed by atoms with Gasteiger partial charge in [-0.25, -0.2) is 0 Å². The molecule has 0 aromatic heterocycles. The molecule has 8 aliphatic rings. The van der Waals surface area contributed by atoms with Crippen molar-refractivity contribution in [1.29, 1.82) is 0 Å². The van der Waals surface area contributed by atoms with Crippen LogP contribution in [0.2, 0.25) is 5.82 Å². The number of anilines is 6. The van der Waals surface area contributed by atoms with Gasteiger partial charge in [-0.2, -0.15) is 0 Å². The topological polar surface area (TPSA) is 46.9 Å². The summed E-state index contributed by atoms with van der Waals surface area (Å²) in [7, 11) is -1.06. The third-order valence-corrected chi connectivity index (χ3v) is 21.2. The average Bonchev–Trinajstić information content (AvgIpc) is 1.38. The molecule has 6 aromatic rings. The first-order chi connectivity index (χ1) is 41.3. The minimum Gasteiger partial charge on any atom is -0.427 e. The molecular formula is C84H126BFe4I3N2O2. The maximum atomic E-state index is 8.61. The zero-order valence-corrected chi connectivity index (χ0v) is 71.4. The predicted octanol–water partition coefficient (Wildman–Crippen LogP) is 28.9. The maximum Gasteiger partial charge on any atom is 2.00 e. The van der Waals surface area contributed by atoms with Gasteiger partial charge in [-0.15, -0.1) is 0 Å².